The smallest absolute Gasteiger partial charge is 0.215 e. The van der Waals surface area contributed by atoms with Gasteiger partial charge in [-0.05, 0) is 12.5 Å². The van der Waals surface area contributed by atoms with Crippen molar-refractivity contribution >= 4 is 5.82 Å². The van der Waals surface area contributed by atoms with Crippen LogP contribution in [0.1, 0.15) is 45.4 Å². The number of ether oxygens (including phenoxy) is 1. The van der Waals surface area contributed by atoms with Crippen LogP contribution in [0.4, 0.5) is 5.82 Å². The van der Waals surface area contributed by atoms with Gasteiger partial charge in [0, 0.05) is 6.07 Å². The third kappa shape index (κ3) is 5.59. The molecule has 0 aliphatic rings. The van der Waals surface area contributed by atoms with Crippen LogP contribution in [-0.4, -0.2) is 11.6 Å². The van der Waals surface area contributed by atoms with E-state index in [0.717, 1.165) is 13.0 Å². The molecule has 0 aliphatic heterocycles. The van der Waals surface area contributed by atoms with Gasteiger partial charge in [-0.25, -0.2) is 0 Å². The van der Waals surface area contributed by atoms with Gasteiger partial charge in [-0.15, -0.1) is 0 Å². The second-order valence-electron chi connectivity index (χ2n) is 4.02. The lowest BCUT2D eigenvalue weighted by Crippen LogP contribution is -2.00. The molecule has 0 aliphatic carbocycles. The van der Waals surface area contributed by atoms with E-state index in [9.17, 15) is 0 Å². The number of rotatable bonds is 8. The first-order valence-corrected chi connectivity index (χ1v) is 6.18. The first-order chi connectivity index (χ1) is 7.83. The van der Waals surface area contributed by atoms with E-state index in [1.54, 1.807) is 6.07 Å². The van der Waals surface area contributed by atoms with Crippen molar-refractivity contribution in [3.8, 4) is 5.88 Å². The number of aromatic nitrogens is 1. The Balaban J connectivity index is 2.03. The summed E-state index contributed by atoms with van der Waals surface area (Å²) in [5.41, 5.74) is 5.55. The van der Waals surface area contributed by atoms with E-state index in [0.29, 0.717) is 11.7 Å². The molecule has 0 fully saturated rings. The maximum absolute atomic E-state index is 5.55. The monoisotopic (exact) mass is 222 g/mol. The van der Waals surface area contributed by atoms with Crippen molar-refractivity contribution in [2.24, 2.45) is 0 Å². The average molecular weight is 222 g/mol. The summed E-state index contributed by atoms with van der Waals surface area (Å²) >= 11 is 0. The van der Waals surface area contributed by atoms with Crippen LogP contribution in [0.2, 0.25) is 0 Å². The third-order valence-corrected chi connectivity index (χ3v) is 2.49. The Hall–Kier alpha value is -1.25. The van der Waals surface area contributed by atoms with E-state index in [4.69, 9.17) is 10.5 Å². The van der Waals surface area contributed by atoms with Gasteiger partial charge in [0.15, 0.2) is 0 Å². The molecule has 1 aromatic rings. The lowest BCUT2D eigenvalue weighted by Gasteiger charge is -2.05. The topological polar surface area (TPSA) is 48.1 Å². The van der Waals surface area contributed by atoms with Crippen LogP contribution in [-0.2, 0) is 0 Å². The van der Waals surface area contributed by atoms with Crippen molar-refractivity contribution in [1.29, 1.82) is 0 Å². The van der Waals surface area contributed by atoms with Crippen molar-refractivity contribution < 1.29 is 4.74 Å². The predicted octanol–water partition coefficient (Wildman–Crippen LogP) is 3.40. The van der Waals surface area contributed by atoms with Crippen molar-refractivity contribution in [3.05, 3.63) is 18.2 Å². The Labute approximate surface area is 98.0 Å². The van der Waals surface area contributed by atoms with E-state index in [1.165, 1.54) is 32.1 Å². The van der Waals surface area contributed by atoms with Gasteiger partial charge in [0.25, 0.3) is 0 Å². The van der Waals surface area contributed by atoms with Gasteiger partial charge in [-0.2, -0.15) is 4.98 Å². The molecular formula is C13H22N2O. The minimum absolute atomic E-state index is 0.514. The SMILES string of the molecule is CCCCCCCCOc1cccc(N)n1. The quantitative estimate of drug-likeness (QED) is 0.686. The Bertz CT molecular complexity index is 289. The second-order valence-corrected chi connectivity index (χ2v) is 4.02. The van der Waals surface area contributed by atoms with Crippen molar-refractivity contribution in [1.82, 2.24) is 4.98 Å². The summed E-state index contributed by atoms with van der Waals surface area (Å²) < 4.78 is 5.50. The molecule has 0 bridgehead atoms. The first-order valence-electron chi connectivity index (χ1n) is 6.18. The number of pyridine rings is 1. The number of unbranched alkanes of at least 4 members (excludes halogenated alkanes) is 5. The molecule has 3 heteroatoms. The molecule has 1 heterocycles. The van der Waals surface area contributed by atoms with Crippen LogP contribution in [0.25, 0.3) is 0 Å². The molecule has 1 aromatic heterocycles. The van der Waals surface area contributed by atoms with Gasteiger partial charge in [0.05, 0.1) is 6.61 Å². The minimum Gasteiger partial charge on any atom is -0.478 e. The maximum Gasteiger partial charge on any atom is 0.215 e. The lowest BCUT2D eigenvalue weighted by atomic mass is 10.1. The fraction of sp³-hybridized carbons (Fsp3) is 0.615. The lowest BCUT2D eigenvalue weighted by molar-refractivity contribution is 0.293. The van der Waals surface area contributed by atoms with E-state index in [2.05, 4.69) is 11.9 Å². The summed E-state index contributed by atoms with van der Waals surface area (Å²) in [6.45, 7) is 2.97. The summed E-state index contributed by atoms with van der Waals surface area (Å²) in [6, 6.07) is 5.46. The zero-order valence-electron chi connectivity index (χ0n) is 10.1. The van der Waals surface area contributed by atoms with E-state index in [-0.39, 0.29) is 0 Å². The molecule has 0 saturated carbocycles. The maximum atomic E-state index is 5.55. The Morgan fingerprint density at radius 3 is 2.62 bits per heavy atom. The van der Waals surface area contributed by atoms with E-state index >= 15 is 0 Å². The highest BCUT2D eigenvalue weighted by molar-refractivity contribution is 5.30. The van der Waals surface area contributed by atoms with Crippen LogP contribution >= 0.6 is 0 Å². The number of anilines is 1. The molecule has 0 spiro atoms. The Kier molecular flexibility index (Phi) is 6.38. The fourth-order valence-electron chi connectivity index (χ4n) is 1.57. The zero-order chi connectivity index (χ0) is 11.6. The highest BCUT2D eigenvalue weighted by Crippen LogP contribution is 2.10. The summed E-state index contributed by atoms with van der Waals surface area (Å²) in [6.07, 6.45) is 7.62. The standard InChI is InChI=1S/C13H22N2O/c1-2-3-4-5-6-7-11-16-13-10-8-9-12(14)15-13/h8-10H,2-7,11H2,1H3,(H2,14,15). The third-order valence-electron chi connectivity index (χ3n) is 2.49. The molecule has 0 atom stereocenters. The molecule has 0 amide bonds. The van der Waals surface area contributed by atoms with Gasteiger partial charge in [-0.3, -0.25) is 0 Å². The molecule has 0 radical (unpaired) electrons. The average Bonchev–Trinajstić information content (AvgIpc) is 2.28. The molecule has 0 saturated heterocycles. The highest BCUT2D eigenvalue weighted by Gasteiger charge is 1.95. The number of nitrogens with two attached hydrogens (primary N) is 1. The number of hydrogen-bond donors (Lipinski definition) is 1. The normalized spacial score (nSPS) is 10.3. The number of nitrogens with zero attached hydrogens (tertiary/aromatic N) is 1. The molecule has 90 valence electrons. The largest absolute Gasteiger partial charge is 0.478 e. The highest BCUT2D eigenvalue weighted by atomic mass is 16.5. The van der Waals surface area contributed by atoms with Crippen LogP contribution in [0.3, 0.4) is 0 Å². The summed E-state index contributed by atoms with van der Waals surface area (Å²) in [5, 5.41) is 0. The van der Waals surface area contributed by atoms with Gasteiger partial charge in [-0.1, -0.05) is 45.1 Å². The minimum atomic E-state index is 0.514. The van der Waals surface area contributed by atoms with Crippen LogP contribution in [0, 0.1) is 0 Å². The molecule has 1 rings (SSSR count). The molecule has 0 aromatic carbocycles. The molecule has 16 heavy (non-hydrogen) atoms. The van der Waals surface area contributed by atoms with Crippen LogP contribution in [0.15, 0.2) is 18.2 Å². The molecule has 2 N–H and O–H groups in total. The van der Waals surface area contributed by atoms with Crippen molar-refractivity contribution in [2.75, 3.05) is 12.3 Å². The molecular weight excluding hydrogens is 200 g/mol. The van der Waals surface area contributed by atoms with Gasteiger partial charge in [0.1, 0.15) is 5.82 Å². The Morgan fingerprint density at radius 1 is 1.12 bits per heavy atom. The summed E-state index contributed by atoms with van der Waals surface area (Å²) in [7, 11) is 0. The summed E-state index contributed by atoms with van der Waals surface area (Å²) in [5.74, 6) is 1.15. The fourth-order valence-corrected chi connectivity index (χ4v) is 1.57. The van der Waals surface area contributed by atoms with Gasteiger partial charge in [0.2, 0.25) is 5.88 Å². The second kappa shape index (κ2) is 7.97. The Morgan fingerprint density at radius 2 is 1.88 bits per heavy atom. The zero-order valence-corrected chi connectivity index (χ0v) is 10.1. The van der Waals surface area contributed by atoms with Gasteiger partial charge < -0.3 is 10.5 Å². The van der Waals surface area contributed by atoms with Crippen molar-refractivity contribution in [3.63, 3.8) is 0 Å². The number of hydrogen-bond acceptors (Lipinski definition) is 3. The summed E-state index contributed by atoms with van der Waals surface area (Å²) in [4.78, 5) is 4.08. The van der Waals surface area contributed by atoms with E-state index in [1.807, 2.05) is 12.1 Å². The van der Waals surface area contributed by atoms with Gasteiger partial charge >= 0.3 is 0 Å². The van der Waals surface area contributed by atoms with Crippen molar-refractivity contribution in [2.45, 2.75) is 45.4 Å². The molecule has 3 nitrogen and oxygen atoms in total. The van der Waals surface area contributed by atoms with E-state index < -0.39 is 0 Å². The van der Waals surface area contributed by atoms with Crippen LogP contribution in [0.5, 0.6) is 5.88 Å². The number of nitrogen functional groups attached to an aromatic ring is 1. The predicted molar refractivity (Wildman–Crippen MR) is 67.5 cm³/mol. The molecule has 0 unspecified atom stereocenters. The first kappa shape index (κ1) is 12.8. The van der Waals surface area contributed by atoms with Crippen LogP contribution < -0.4 is 10.5 Å².